The standard InChI is InChI=1S/C27H27F6NO3/c1-4-24(35)37-17-26(30,31)27(32,33)25(28,29)16-36-21-11-10-20-14-22(19-8-6-5-7-9-19)34(23(20)15-21)13-12-18(2)3/h4-11,14-15,18H,1,12-13,16-17H2,2-3H3. The number of aryl methyl sites for hydroxylation is 1. The Morgan fingerprint density at radius 2 is 1.62 bits per heavy atom. The van der Waals surface area contributed by atoms with Crippen LogP contribution in [0, 0.1) is 5.92 Å². The Hall–Kier alpha value is -3.43. The second kappa shape index (κ2) is 10.9. The molecule has 10 heteroatoms. The van der Waals surface area contributed by atoms with Gasteiger partial charge in [0.05, 0.1) is 5.52 Å². The highest BCUT2D eigenvalue weighted by Gasteiger charge is 2.72. The molecule has 2 aromatic carbocycles. The van der Waals surface area contributed by atoms with Crippen molar-refractivity contribution in [2.75, 3.05) is 13.2 Å². The molecule has 0 aliphatic carbocycles. The van der Waals surface area contributed by atoms with Crippen molar-refractivity contribution in [1.29, 1.82) is 0 Å². The van der Waals surface area contributed by atoms with E-state index in [9.17, 15) is 31.1 Å². The Morgan fingerprint density at radius 3 is 2.24 bits per heavy atom. The smallest absolute Gasteiger partial charge is 0.378 e. The largest absolute Gasteiger partial charge is 0.487 e. The van der Waals surface area contributed by atoms with Gasteiger partial charge in [-0.2, -0.15) is 26.3 Å². The fraction of sp³-hybridized carbons (Fsp3) is 0.370. The Balaban J connectivity index is 1.87. The first-order valence-electron chi connectivity index (χ1n) is 11.5. The summed E-state index contributed by atoms with van der Waals surface area (Å²) >= 11 is 0. The molecule has 3 aromatic rings. The van der Waals surface area contributed by atoms with Crippen LogP contribution in [-0.4, -0.2) is 41.5 Å². The van der Waals surface area contributed by atoms with Gasteiger partial charge in [-0.05, 0) is 36.1 Å². The molecule has 0 fully saturated rings. The number of hydrogen-bond acceptors (Lipinski definition) is 3. The maximum atomic E-state index is 14.3. The fourth-order valence-corrected chi connectivity index (χ4v) is 3.64. The third kappa shape index (κ3) is 6.11. The molecule has 200 valence electrons. The van der Waals surface area contributed by atoms with Crippen LogP contribution in [0.1, 0.15) is 20.3 Å². The number of carbonyl (C=O) groups excluding carboxylic acids is 1. The number of carbonyl (C=O) groups is 1. The second-order valence-corrected chi connectivity index (χ2v) is 9.03. The van der Waals surface area contributed by atoms with Gasteiger partial charge < -0.3 is 14.0 Å². The highest BCUT2D eigenvalue weighted by atomic mass is 19.3. The lowest BCUT2D eigenvalue weighted by Crippen LogP contribution is -2.58. The summed E-state index contributed by atoms with van der Waals surface area (Å²) in [6.07, 6.45) is 1.26. The quantitative estimate of drug-likeness (QED) is 0.140. The van der Waals surface area contributed by atoms with Crippen LogP contribution in [0.3, 0.4) is 0 Å². The summed E-state index contributed by atoms with van der Waals surface area (Å²) in [5.41, 5.74) is 2.42. The van der Waals surface area contributed by atoms with E-state index in [4.69, 9.17) is 4.74 Å². The van der Waals surface area contributed by atoms with Crippen LogP contribution in [0.15, 0.2) is 67.3 Å². The molecule has 4 nitrogen and oxygen atoms in total. The van der Waals surface area contributed by atoms with Crippen molar-refractivity contribution in [1.82, 2.24) is 4.57 Å². The normalized spacial score (nSPS) is 12.7. The van der Waals surface area contributed by atoms with E-state index < -0.39 is 37.0 Å². The lowest BCUT2D eigenvalue weighted by Gasteiger charge is -2.32. The van der Waals surface area contributed by atoms with Crippen LogP contribution in [-0.2, 0) is 16.1 Å². The summed E-state index contributed by atoms with van der Waals surface area (Å²) < 4.78 is 95.4. The molecule has 1 heterocycles. The van der Waals surface area contributed by atoms with Crippen LogP contribution >= 0.6 is 0 Å². The molecule has 37 heavy (non-hydrogen) atoms. The first-order valence-corrected chi connectivity index (χ1v) is 11.5. The van der Waals surface area contributed by atoms with E-state index in [1.54, 1.807) is 6.07 Å². The SMILES string of the molecule is C=CC(=O)OCC(F)(F)C(F)(F)C(F)(F)COc1ccc2cc(-c3ccccc3)n(CCC(C)C)c2c1. The number of alkyl halides is 6. The Bertz CT molecular complexity index is 1240. The predicted molar refractivity (Wildman–Crippen MR) is 128 cm³/mol. The zero-order valence-electron chi connectivity index (χ0n) is 20.3. The molecular formula is C27H27F6NO3. The van der Waals surface area contributed by atoms with E-state index in [0.717, 1.165) is 23.1 Å². The summed E-state index contributed by atoms with van der Waals surface area (Å²) in [5, 5.41) is 0.766. The van der Waals surface area contributed by atoms with Crippen LogP contribution < -0.4 is 4.74 Å². The summed E-state index contributed by atoms with van der Waals surface area (Å²) in [6, 6.07) is 15.7. The summed E-state index contributed by atoms with van der Waals surface area (Å²) in [7, 11) is 0. The number of esters is 1. The second-order valence-electron chi connectivity index (χ2n) is 9.03. The van der Waals surface area contributed by atoms with Crippen molar-refractivity contribution in [3.8, 4) is 17.0 Å². The summed E-state index contributed by atoms with van der Waals surface area (Å²) in [5.74, 6) is -17.7. The molecule has 0 N–H and O–H groups in total. The van der Waals surface area contributed by atoms with Crippen molar-refractivity contribution in [3.05, 3.63) is 67.3 Å². The molecule has 0 atom stereocenters. The van der Waals surface area contributed by atoms with Crippen LogP contribution in [0.4, 0.5) is 26.3 Å². The molecule has 0 saturated heterocycles. The Kier molecular flexibility index (Phi) is 8.29. The maximum absolute atomic E-state index is 14.3. The minimum Gasteiger partial charge on any atom is -0.487 e. The number of nitrogens with zero attached hydrogens (tertiary/aromatic N) is 1. The number of hydrogen-bond donors (Lipinski definition) is 0. The monoisotopic (exact) mass is 527 g/mol. The van der Waals surface area contributed by atoms with E-state index in [2.05, 4.69) is 25.2 Å². The molecule has 3 rings (SSSR count). The molecule has 0 saturated carbocycles. The molecule has 0 unspecified atom stereocenters. The van der Waals surface area contributed by atoms with Crippen molar-refractivity contribution in [3.63, 3.8) is 0 Å². The van der Waals surface area contributed by atoms with Gasteiger partial charge >= 0.3 is 23.7 Å². The average Bonchev–Trinajstić information content (AvgIpc) is 3.22. The fourth-order valence-electron chi connectivity index (χ4n) is 3.64. The highest BCUT2D eigenvalue weighted by Crippen LogP contribution is 2.46. The van der Waals surface area contributed by atoms with Crippen molar-refractivity contribution < 1.29 is 40.6 Å². The highest BCUT2D eigenvalue weighted by molar-refractivity contribution is 5.88. The van der Waals surface area contributed by atoms with Crippen LogP contribution in [0.5, 0.6) is 5.75 Å². The van der Waals surface area contributed by atoms with E-state index >= 15 is 0 Å². The van der Waals surface area contributed by atoms with Gasteiger partial charge in [-0.25, -0.2) is 4.79 Å². The molecule has 0 aliphatic rings. The lowest BCUT2D eigenvalue weighted by molar-refractivity contribution is -0.322. The zero-order valence-corrected chi connectivity index (χ0v) is 20.3. The van der Waals surface area contributed by atoms with E-state index in [1.165, 1.54) is 12.1 Å². The minimum absolute atomic E-state index is 0.187. The predicted octanol–water partition coefficient (Wildman–Crippen LogP) is 7.37. The number of aromatic nitrogens is 1. The number of ether oxygens (including phenoxy) is 2. The van der Waals surface area contributed by atoms with Gasteiger partial charge in [0, 0.05) is 29.8 Å². The molecule has 1 aromatic heterocycles. The average molecular weight is 528 g/mol. The van der Waals surface area contributed by atoms with Crippen LogP contribution in [0.2, 0.25) is 0 Å². The first kappa shape index (κ1) is 28.1. The lowest BCUT2D eigenvalue weighted by atomic mass is 10.1. The Labute approximate surface area is 210 Å². The van der Waals surface area contributed by atoms with E-state index in [-0.39, 0.29) is 5.75 Å². The molecule has 0 aliphatic heterocycles. The van der Waals surface area contributed by atoms with Crippen molar-refractivity contribution >= 4 is 16.9 Å². The van der Waals surface area contributed by atoms with Crippen molar-refractivity contribution in [2.24, 2.45) is 5.92 Å². The van der Waals surface area contributed by atoms with Gasteiger partial charge in [0.15, 0.2) is 13.2 Å². The van der Waals surface area contributed by atoms with Gasteiger partial charge in [-0.1, -0.05) is 50.8 Å². The first-order chi connectivity index (χ1) is 17.3. The molecule has 0 radical (unpaired) electrons. The van der Waals surface area contributed by atoms with Gasteiger partial charge in [0.25, 0.3) is 0 Å². The van der Waals surface area contributed by atoms with E-state index in [0.29, 0.717) is 24.1 Å². The number of fused-ring (bicyclic) bond motifs is 1. The number of rotatable bonds is 12. The Morgan fingerprint density at radius 1 is 0.973 bits per heavy atom. The summed E-state index contributed by atoms with van der Waals surface area (Å²) in [4.78, 5) is 10.9. The van der Waals surface area contributed by atoms with Gasteiger partial charge in [0.2, 0.25) is 0 Å². The molecule has 0 amide bonds. The molecule has 0 bridgehead atoms. The third-order valence-electron chi connectivity index (χ3n) is 5.78. The minimum atomic E-state index is -5.86. The summed E-state index contributed by atoms with van der Waals surface area (Å²) in [6.45, 7) is 3.37. The third-order valence-corrected chi connectivity index (χ3v) is 5.78. The zero-order chi connectivity index (χ0) is 27.4. The van der Waals surface area contributed by atoms with Gasteiger partial charge in [0.1, 0.15) is 5.75 Å². The number of halogens is 6. The molecular weight excluding hydrogens is 500 g/mol. The van der Waals surface area contributed by atoms with Gasteiger partial charge in [-0.3, -0.25) is 0 Å². The number of benzene rings is 2. The van der Waals surface area contributed by atoms with Gasteiger partial charge in [-0.15, -0.1) is 0 Å². The van der Waals surface area contributed by atoms with E-state index in [1.807, 2.05) is 41.0 Å². The molecule has 0 spiro atoms. The maximum Gasteiger partial charge on any atom is 0.378 e. The van der Waals surface area contributed by atoms with Crippen LogP contribution in [0.25, 0.3) is 22.2 Å². The topological polar surface area (TPSA) is 40.5 Å². The van der Waals surface area contributed by atoms with Crippen molar-refractivity contribution in [2.45, 2.75) is 44.6 Å².